The van der Waals surface area contributed by atoms with Crippen molar-refractivity contribution in [3.05, 3.63) is 70.8 Å². The van der Waals surface area contributed by atoms with Crippen LogP contribution < -0.4 is 5.32 Å². The molecule has 0 aliphatic carbocycles. The van der Waals surface area contributed by atoms with Crippen LogP contribution in [-0.2, 0) is 18.0 Å². The van der Waals surface area contributed by atoms with E-state index in [9.17, 15) is 18.0 Å². The molecule has 3 aromatic rings. The van der Waals surface area contributed by atoms with Crippen LogP contribution in [0.25, 0.3) is 17.0 Å². The molecule has 0 radical (unpaired) electrons. The van der Waals surface area contributed by atoms with Gasteiger partial charge in [-0.05, 0) is 36.0 Å². The molecule has 0 spiro atoms. The molecule has 4 rings (SSSR count). The molecule has 0 unspecified atom stereocenters. The maximum Gasteiger partial charge on any atom is 0.418 e. The van der Waals surface area contributed by atoms with Crippen molar-refractivity contribution in [3.8, 4) is 0 Å². The van der Waals surface area contributed by atoms with Crippen LogP contribution in [0.4, 0.5) is 18.9 Å². The monoisotopic (exact) mass is 401 g/mol. The molecule has 2 heterocycles. The number of aliphatic imine (C=N–C) groups is 1. The van der Waals surface area contributed by atoms with E-state index < -0.39 is 11.7 Å². The van der Waals surface area contributed by atoms with Gasteiger partial charge in [0.2, 0.25) is 0 Å². The van der Waals surface area contributed by atoms with E-state index in [1.54, 1.807) is 6.08 Å². The second kappa shape index (κ2) is 6.87. The van der Waals surface area contributed by atoms with Gasteiger partial charge in [0.05, 0.1) is 16.2 Å². The van der Waals surface area contributed by atoms with E-state index in [0.29, 0.717) is 4.91 Å². The summed E-state index contributed by atoms with van der Waals surface area (Å²) < 4.78 is 41.4. The largest absolute Gasteiger partial charge is 0.418 e. The van der Waals surface area contributed by atoms with Crippen molar-refractivity contribution >= 4 is 45.5 Å². The summed E-state index contributed by atoms with van der Waals surface area (Å²) in [5.74, 6) is -0.388. The topological polar surface area (TPSA) is 46.4 Å². The van der Waals surface area contributed by atoms with E-state index in [-0.39, 0.29) is 16.8 Å². The molecule has 1 N–H and O–H groups in total. The van der Waals surface area contributed by atoms with Gasteiger partial charge in [-0.25, -0.2) is 4.99 Å². The van der Waals surface area contributed by atoms with Crippen molar-refractivity contribution in [2.75, 3.05) is 0 Å². The number of carbonyl (C=O) groups excluding carboxylic acids is 1. The summed E-state index contributed by atoms with van der Waals surface area (Å²) in [5.41, 5.74) is 0.798. The molecule has 8 heteroatoms. The number of hydrogen-bond donors (Lipinski definition) is 1. The van der Waals surface area contributed by atoms with Crippen LogP contribution in [-0.4, -0.2) is 15.6 Å². The van der Waals surface area contributed by atoms with Crippen molar-refractivity contribution in [2.45, 2.75) is 6.18 Å². The number of aryl methyl sites for hydroxylation is 1. The molecule has 1 fully saturated rings. The van der Waals surface area contributed by atoms with Gasteiger partial charge >= 0.3 is 6.18 Å². The molecule has 4 nitrogen and oxygen atoms in total. The fourth-order valence-corrected chi connectivity index (χ4v) is 3.86. The minimum absolute atomic E-state index is 0.119. The molecule has 1 aromatic heterocycles. The Bertz CT molecular complexity index is 1150. The Morgan fingerprint density at radius 3 is 2.61 bits per heavy atom. The highest BCUT2D eigenvalue weighted by molar-refractivity contribution is 8.18. The number of alkyl halides is 3. The van der Waals surface area contributed by atoms with Gasteiger partial charge < -0.3 is 9.88 Å². The summed E-state index contributed by atoms with van der Waals surface area (Å²) in [7, 11) is 1.91. The lowest BCUT2D eigenvalue weighted by molar-refractivity contribution is -0.137. The number of nitrogens with one attached hydrogen (secondary N) is 1. The number of aromatic nitrogens is 1. The Balaban J connectivity index is 1.68. The van der Waals surface area contributed by atoms with Crippen LogP contribution in [0.3, 0.4) is 0 Å². The minimum atomic E-state index is -4.52. The summed E-state index contributed by atoms with van der Waals surface area (Å²) in [6.45, 7) is 0. The number of para-hydroxylation sites is 2. The third kappa shape index (κ3) is 3.43. The maximum absolute atomic E-state index is 13.1. The van der Waals surface area contributed by atoms with Crippen LogP contribution in [0.5, 0.6) is 0 Å². The summed E-state index contributed by atoms with van der Waals surface area (Å²) in [6, 6.07) is 12.8. The van der Waals surface area contributed by atoms with Crippen molar-refractivity contribution in [2.24, 2.45) is 12.0 Å². The molecule has 1 amide bonds. The highest BCUT2D eigenvalue weighted by Crippen LogP contribution is 2.37. The highest BCUT2D eigenvalue weighted by Gasteiger charge is 2.34. The molecule has 142 valence electrons. The smallest absolute Gasteiger partial charge is 0.350 e. The lowest BCUT2D eigenvalue weighted by atomic mass is 10.1. The Morgan fingerprint density at radius 2 is 1.82 bits per heavy atom. The van der Waals surface area contributed by atoms with Crippen molar-refractivity contribution in [1.29, 1.82) is 0 Å². The van der Waals surface area contributed by atoms with Gasteiger partial charge in [-0.2, -0.15) is 13.2 Å². The number of thioether (sulfide) groups is 1. The lowest BCUT2D eigenvalue weighted by Crippen LogP contribution is -2.19. The molecule has 2 aromatic carbocycles. The third-order valence-corrected chi connectivity index (χ3v) is 5.21. The number of nitrogens with zero attached hydrogens (tertiary/aromatic N) is 2. The molecule has 0 bridgehead atoms. The summed E-state index contributed by atoms with van der Waals surface area (Å²) in [4.78, 5) is 16.7. The highest BCUT2D eigenvalue weighted by atomic mass is 32.2. The summed E-state index contributed by atoms with van der Waals surface area (Å²) in [5, 5.41) is 3.64. The average Bonchev–Trinajstić information content (AvgIpc) is 3.15. The van der Waals surface area contributed by atoms with E-state index in [1.165, 1.54) is 18.2 Å². The molecule has 0 atom stereocenters. The SMILES string of the molecule is Cn1cc(/C=C2\SC(=Nc3ccccc3C(F)(F)F)NC2=O)c2ccccc21. The maximum atomic E-state index is 13.1. The zero-order chi connectivity index (χ0) is 19.9. The van der Waals surface area contributed by atoms with E-state index in [2.05, 4.69) is 10.3 Å². The zero-order valence-corrected chi connectivity index (χ0v) is 15.4. The molecule has 28 heavy (non-hydrogen) atoms. The molecular weight excluding hydrogens is 387 g/mol. The Hall–Kier alpha value is -3.00. The van der Waals surface area contributed by atoms with Crippen LogP contribution in [0, 0.1) is 0 Å². The fraction of sp³-hybridized carbons (Fsp3) is 0.100. The van der Waals surface area contributed by atoms with Crippen LogP contribution in [0.15, 0.2) is 64.6 Å². The van der Waals surface area contributed by atoms with Gasteiger partial charge in [-0.3, -0.25) is 4.79 Å². The van der Waals surface area contributed by atoms with Crippen LogP contribution in [0.1, 0.15) is 11.1 Å². The van der Waals surface area contributed by atoms with Crippen molar-refractivity contribution in [3.63, 3.8) is 0 Å². The van der Waals surface area contributed by atoms with Gasteiger partial charge in [0.1, 0.15) is 0 Å². The fourth-order valence-electron chi connectivity index (χ4n) is 3.03. The average molecular weight is 401 g/mol. The first-order valence-corrected chi connectivity index (χ1v) is 9.14. The van der Waals surface area contributed by atoms with Crippen molar-refractivity contribution < 1.29 is 18.0 Å². The van der Waals surface area contributed by atoms with E-state index >= 15 is 0 Å². The van der Waals surface area contributed by atoms with E-state index in [0.717, 1.165) is 34.3 Å². The third-order valence-electron chi connectivity index (χ3n) is 4.30. The predicted molar refractivity (Wildman–Crippen MR) is 105 cm³/mol. The number of carbonyl (C=O) groups is 1. The first-order chi connectivity index (χ1) is 13.3. The number of halogens is 3. The van der Waals surface area contributed by atoms with E-state index in [4.69, 9.17) is 0 Å². The first kappa shape index (κ1) is 18.4. The number of amides is 1. The Labute approximate surface area is 162 Å². The molecule has 1 aliphatic heterocycles. The molecule has 1 aliphatic rings. The normalized spacial score (nSPS) is 17.6. The predicted octanol–water partition coefficient (Wildman–Crippen LogP) is 5.09. The molecule has 1 saturated heterocycles. The quantitative estimate of drug-likeness (QED) is 0.608. The van der Waals surface area contributed by atoms with E-state index in [1.807, 2.05) is 42.1 Å². The standard InChI is InChI=1S/C20H14F3N3OS/c1-26-11-12(13-6-2-5-9-16(13)26)10-17-18(27)25-19(28-17)24-15-8-4-3-7-14(15)20(21,22)23/h2-11H,1H3,(H,24,25,27)/b17-10-. The zero-order valence-electron chi connectivity index (χ0n) is 14.6. The molecular formula is C20H14F3N3OS. The lowest BCUT2D eigenvalue weighted by Gasteiger charge is -2.09. The van der Waals surface area contributed by atoms with Gasteiger partial charge in [0, 0.05) is 29.7 Å². The van der Waals surface area contributed by atoms with Gasteiger partial charge in [-0.15, -0.1) is 0 Å². The number of rotatable bonds is 2. The second-order valence-electron chi connectivity index (χ2n) is 6.21. The second-order valence-corrected chi connectivity index (χ2v) is 7.24. The van der Waals surface area contributed by atoms with Gasteiger partial charge in [0.15, 0.2) is 5.17 Å². The van der Waals surface area contributed by atoms with Crippen molar-refractivity contribution in [1.82, 2.24) is 9.88 Å². The Morgan fingerprint density at radius 1 is 1.11 bits per heavy atom. The summed E-state index contributed by atoms with van der Waals surface area (Å²) >= 11 is 1.02. The number of amidine groups is 1. The Kier molecular flexibility index (Phi) is 4.50. The summed E-state index contributed by atoms with van der Waals surface area (Å²) in [6.07, 6.45) is -0.893. The van der Waals surface area contributed by atoms with Crippen LogP contribution in [0.2, 0.25) is 0 Å². The number of fused-ring (bicyclic) bond motifs is 1. The van der Waals surface area contributed by atoms with Crippen LogP contribution >= 0.6 is 11.8 Å². The van der Waals surface area contributed by atoms with Gasteiger partial charge in [-0.1, -0.05) is 30.3 Å². The minimum Gasteiger partial charge on any atom is -0.350 e. The first-order valence-electron chi connectivity index (χ1n) is 8.33. The number of hydrogen-bond acceptors (Lipinski definition) is 3. The van der Waals surface area contributed by atoms with Gasteiger partial charge in [0.25, 0.3) is 5.91 Å². The molecule has 0 saturated carbocycles. The number of benzene rings is 2.